The van der Waals surface area contributed by atoms with Gasteiger partial charge in [0.25, 0.3) is 17.7 Å². The third-order valence-electron chi connectivity index (χ3n) is 13.1. The number of carbonyl (C=O) groups is 6. The average molecular weight is 1080 g/mol. The molecule has 25 nitrogen and oxygen atoms in total. The molecule has 79 heavy (non-hydrogen) atoms. The molecule has 9 rings (SSSR count). The van der Waals surface area contributed by atoms with Crippen molar-refractivity contribution in [3.8, 4) is 34.6 Å². The summed E-state index contributed by atoms with van der Waals surface area (Å²) >= 11 is 0. The summed E-state index contributed by atoms with van der Waals surface area (Å²) in [6.45, 7) is 3.00. The lowest BCUT2D eigenvalue weighted by atomic mass is 10.0. The third kappa shape index (κ3) is 13.5. The molecule has 3 aromatic carbocycles. The number of ether oxygens (including phenoxy) is 6. The van der Waals surface area contributed by atoms with Crippen molar-refractivity contribution in [1.82, 2.24) is 55.2 Å². The molecule has 0 aliphatic carbocycles. The standard InChI is InChI=1S/C54H57N13O12/c55-31-36(51(70)64-21-6-9-38(33-64)67-49-46(48(56)58-34-59-49)47(62-67)35-14-16-40(17-15-35)79-39-10-2-1-3-11-39)7-4-8-37-32-65(63-61-37)22-24-74-25-26-75-27-28-76-29-30-78-54(73)57-20-23-77-43-13-5-12-41-45(43)53(72)66(52(41)71)42-18-19-44(68)60-50(42)69/h1-3,5,7,10-17,32,34,38,42H,4,6,8-9,18-30,33H2,(H,57,73)(H2,56,58,59)(H,60,68,69)/b36-7-/t38-,42?/m1/s1. The molecule has 1 unspecified atom stereocenters. The molecule has 3 aromatic heterocycles. The third-order valence-corrected chi connectivity index (χ3v) is 13.1. The van der Waals surface area contributed by atoms with Gasteiger partial charge in [-0.05, 0) is 80.6 Å². The first kappa shape index (κ1) is 54.7. The summed E-state index contributed by atoms with van der Waals surface area (Å²) in [4.78, 5) is 87.4. The Morgan fingerprint density at radius 3 is 2.39 bits per heavy atom. The monoisotopic (exact) mass is 1080 g/mol. The number of likely N-dealkylation sites (tertiary alicyclic amines) is 1. The Kier molecular flexibility index (Phi) is 18.2. The number of imide groups is 2. The van der Waals surface area contributed by atoms with Gasteiger partial charge in [0.15, 0.2) is 5.65 Å². The number of anilines is 1. The highest BCUT2D eigenvalue weighted by atomic mass is 16.6. The number of fused-ring (bicyclic) bond motifs is 2. The maximum Gasteiger partial charge on any atom is 0.407 e. The fourth-order valence-corrected chi connectivity index (χ4v) is 9.24. The Bertz CT molecular complexity index is 3250. The Balaban J connectivity index is 0.617. The van der Waals surface area contributed by atoms with Crippen molar-refractivity contribution in [3.05, 3.63) is 114 Å². The van der Waals surface area contributed by atoms with Gasteiger partial charge in [-0.25, -0.2) is 24.1 Å². The number of aromatic nitrogens is 7. The summed E-state index contributed by atoms with van der Waals surface area (Å²) in [7, 11) is 0. The van der Waals surface area contributed by atoms with Crippen LogP contribution >= 0.6 is 0 Å². The van der Waals surface area contributed by atoms with E-state index in [2.05, 4.69) is 37.0 Å². The second-order valence-electron chi connectivity index (χ2n) is 18.4. The van der Waals surface area contributed by atoms with Crippen molar-refractivity contribution >= 4 is 52.5 Å². The number of hydrogen-bond acceptors (Lipinski definition) is 19. The summed E-state index contributed by atoms with van der Waals surface area (Å²) in [5.74, 6) is -1.06. The number of amides is 6. The van der Waals surface area contributed by atoms with Crippen LogP contribution in [0.1, 0.15) is 64.6 Å². The molecule has 3 aliphatic heterocycles. The van der Waals surface area contributed by atoms with E-state index in [1.165, 1.54) is 18.5 Å². The van der Waals surface area contributed by atoms with Crippen LogP contribution in [-0.2, 0) is 46.3 Å². The second kappa shape index (κ2) is 26.3. The lowest BCUT2D eigenvalue weighted by Gasteiger charge is -2.32. The number of para-hydroxylation sites is 1. The van der Waals surface area contributed by atoms with Crippen LogP contribution in [0.3, 0.4) is 0 Å². The first-order chi connectivity index (χ1) is 38.6. The molecule has 6 aromatic rings. The number of nitrogens with one attached hydrogen (secondary N) is 2. The van der Waals surface area contributed by atoms with Crippen LogP contribution in [-0.4, -0.2) is 159 Å². The van der Waals surface area contributed by atoms with E-state index in [1.807, 2.05) is 59.3 Å². The van der Waals surface area contributed by atoms with Crippen LogP contribution in [0, 0.1) is 11.3 Å². The van der Waals surface area contributed by atoms with Crippen molar-refractivity contribution in [2.75, 3.05) is 78.2 Å². The van der Waals surface area contributed by atoms with Crippen LogP contribution in [0.2, 0.25) is 0 Å². The molecule has 0 spiro atoms. The summed E-state index contributed by atoms with van der Waals surface area (Å²) in [6.07, 6.45) is 6.52. The van der Waals surface area contributed by atoms with E-state index in [4.69, 9.17) is 39.3 Å². The van der Waals surface area contributed by atoms with Crippen molar-refractivity contribution in [1.29, 1.82) is 5.26 Å². The maximum absolute atomic E-state index is 13.7. The van der Waals surface area contributed by atoms with Crippen LogP contribution in [0.5, 0.6) is 17.2 Å². The molecule has 0 saturated carbocycles. The van der Waals surface area contributed by atoms with Gasteiger partial charge < -0.3 is 44.4 Å². The second-order valence-corrected chi connectivity index (χ2v) is 18.4. The van der Waals surface area contributed by atoms with E-state index in [9.17, 15) is 34.0 Å². The molecule has 25 heteroatoms. The number of alkyl carbamates (subject to hydrolysis) is 1. The van der Waals surface area contributed by atoms with Crippen LogP contribution in [0.4, 0.5) is 10.6 Å². The van der Waals surface area contributed by atoms with Crippen molar-refractivity contribution in [3.63, 3.8) is 0 Å². The number of rotatable bonds is 25. The first-order valence-electron chi connectivity index (χ1n) is 25.8. The van der Waals surface area contributed by atoms with E-state index in [-0.39, 0.29) is 80.2 Å². The molecule has 410 valence electrons. The molecule has 2 fully saturated rings. The lowest BCUT2D eigenvalue weighted by Crippen LogP contribution is -2.54. The lowest BCUT2D eigenvalue weighted by molar-refractivity contribution is -0.136. The van der Waals surface area contributed by atoms with Gasteiger partial charge in [-0.1, -0.05) is 35.6 Å². The maximum atomic E-state index is 13.7. The normalized spacial score (nSPS) is 16.4. The minimum atomic E-state index is -1.10. The summed E-state index contributed by atoms with van der Waals surface area (Å²) in [6, 6.07) is 22.3. The number of nitrogens with zero attached hydrogens (tertiary/aromatic N) is 10. The van der Waals surface area contributed by atoms with Crippen molar-refractivity contribution in [2.45, 2.75) is 57.2 Å². The van der Waals surface area contributed by atoms with Gasteiger partial charge in [-0.15, -0.1) is 5.10 Å². The number of allylic oxidation sites excluding steroid dienone is 1. The number of aryl methyl sites for hydroxylation is 1. The minimum absolute atomic E-state index is 0.00603. The van der Waals surface area contributed by atoms with Gasteiger partial charge in [0.2, 0.25) is 11.8 Å². The zero-order valence-electron chi connectivity index (χ0n) is 43.0. The number of piperidine rings is 2. The molecule has 0 radical (unpaired) electrons. The van der Waals surface area contributed by atoms with Crippen LogP contribution in [0.15, 0.2) is 97.0 Å². The van der Waals surface area contributed by atoms with E-state index in [0.717, 1.165) is 22.6 Å². The minimum Gasteiger partial charge on any atom is -0.491 e. The molecular formula is C54H57N13O12. The summed E-state index contributed by atoms with van der Waals surface area (Å²) in [5.41, 5.74) is 9.25. The predicted molar refractivity (Wildman–Crippen MR) is 279 cm³/mol. The molecule has 0 bridgehead atoms. The average Bonchev–Trinajstić information content (AvgIpc) is 4.38. The van der Waals surface area contributed by atoms with E-state index >= 15 is 0 Å². The zero-order valence-corrected chi connectivity index (χ0v) is 43.0. The summed E-state index contributed by atoms with van der Waals surface area (Å²) in [5, 5.41) is 28.8. The van der Waals surface area contributed by atoms with Crippen molar-refractivity contribution < 1.29 is 57.2 Å². The number of benzene rings is 3. The molecule has 4 N–H and O–H groups in total. The molecule has 6 heterocycles. The highest BCUT2D eigenvalue weighted by molar-refractivity contribution is 6.24. The van der Waals surface area contributed by atoms with Gasteiger partial charge >= 0.3 is 6.09 Å². The highest BCUT2D eigenvalue weighted by Gasteiger charge is 2.46. The Morgan fingerprint density at radius 1 is 0.861 bits per heavy atom. The van der Waals surface area contributed by atoms with Gasteiger partial charge in [-0.3, -0.25) is 34.2 Å². The molecule has 3 aliphatic rings. The van der Waals surface area contributed by atoms with E-state index < -0.39 is 35.8 Å². The Hall–Kier alpha value is -9.12. The Morgan fingerprint density at radius 2 is 1.62 bits per heavy atom. The topological polar surface area (TPSA) is 312 Å². The number of nitriles is 1. The molecular weight excluding hydrogens is 1020 g/mol. The van der Waals surface area contributed by atoms with Gasteiger partial charge in [-0.2, -0.15) is 10.4 Å². The fourth-order valence-electron chi connectivity index (χ4n) is 9.24. The predicted octanol–water partition coefficient (Wildman–Crippen LogP) is 3.96. The van der Waals surface area contributed by atoms with Gasteiger partial charge in [0.05, 0.1) is 81.0 Å². The quantitative estimate of drug-likeness (QED) is 0.0316. The smallest absolute Gasteiger partial charge is 0.407 e. The van der Waals surface area contributed by atoms with Gasteiger partial charge in [0, 0.05) is 31.3 Å². The van der Waals surface area contributed by atoms with E-state index in [0.29, 0.717) is 99.3 Å². The zero-order chi connectivity index (χ0) is 55.1. The Labute approximate surface area is 452 Å². The molecule has 2 atom stereocenters. The highest BCUT2D eigenvalue weighted by Crippen LogP contribution is 2.36. The van der Waals surface area contributed by atoms with E-state index in [1.54, 1.807) is 27.9 Å². The largest absolute Gasteiger partial charge is 0.491 e. The van der Waals surface area contributed by atoms with Gasteiger partial charge in [0.1, 0.15) is 66.0 Å². The molecule has 2 saturated heterocycles. The number of nitrogen functional groups attached to an aromatic ring is 1. The number of carbonyl (C=O) groups excluding carboxylic acids is 6. The molecule has 6 amide bonds. The van der Waals surface area contributed by atoms with Crippen LogP contribution in [0.25, 0.3) is 22.3 Å². The SMILES string of the molecule is N#C/C(=C/CCc1cn(CCOCCOCCOCCOC(=O)NCCOc2cccc3c2C(=O)N(C2CCC(=O)NC2=O)C3=O)nn1)C(=O)N1CCC[C@@H](n2nc(-c3ccc(Oc4ccccc4)cc3)c3c(N)ncnc32)C1. The number of nitrogens with two attached hydrogens (primary N) is 1. The van der Waals surface area contributed by atoms with Crippen molar-refractivity contribution in [2.24, 2.45) is 0 Å². The summed E-state index contributed by atoms with van der Waals surface area (Å²) < 4.78 is 37.0. The number of hydrogen-bond donors (Lipinski definition) is 3. The first-order valence-corrected chi connectivity index (χ1v) is 25.8. The fraction of sp³-hybridized carbons (Fsp3) is 0.370. The van der Waals surface area contributed by atoms with Crippen LogP contribution < -0.4 is 25.8 Å².